The van der Waals surface area contributed by atoms with Gasteiger partial charge in [0.15, 0.2) is 0 Å². The number of benzene rings is 2. The molecule has 2 rings (SSSR count). The second-order valence-corrected chi connectivity index (χ2v) is 6.05. The Morgan fingerprint density at radius 2 is 1.89 bits per heavy atom. The third-order valence-corrected chi connectivity index (χ3v) is 3.96. The van der Waals surface area contributed by atoms with Crippen LogP contribution in [0.5, 0.6) is 0 Å². The van der Waals surface area contributed by atoms with Gasteiger partial charge in [-0.25, -0.2) is 0 Å². The number of hydrogen-bond donors (Lipinski definition) is 1. The maximum Gasteiger partial charge on any atom is 0.225 e. The molecule has 0 aliphatic heterocycles. The summed E-state index contributed by atoms with van der Waals surface area (Å²) in [6.07, 6.45) is 0.506. The zero-order valence-corrected chi connectivity index (χ0v) is 12.7. The molecule has 0 aliphatic carbocycles. The van der Waals surface area contributed by atoms with Crippen molar-refractivity contribution in [3.8, 4) is 0 Å². The summed E-state index contributed by atoms with van der Waals surface area (Å²) < 4.78 is 0.962. The first-order valence-electron chi connectivity index (χ1n) is 5.97. The quantitative estimate of drug-likeness (QED) is 0.811. The monoisotopic (exact) mass is 335 g/mol. The standard InChI is InChI=1S/C15H14BrNOS/c16-12-5-4-6-13(11-12)17-15(18)9-10-19-14-7-2-1-3-8-14/h1-8,11H,9-10H2,(H,17,18). The fourth-order valence-corrected chi connectivity index (χ4v) is 2.84. The summed E-state index contributed by atoms with van der Waals surface area (Å²) >= 11 is 5.07. The molecule has 0 radical (unpaired) electrons. The highest BCUT2D eigenvalue weighted by Gasteiger charge is 2.03. The van der Waals surface area contributed by atoms with E-state index in [4.69, 9.17) is 0 Å². The van der Waals surface area contributed by atoms with E-state index in [-0.39, 0.29) is 5.91 Å². The molecule has 2 aromatic rings. The maximum absolute atomic E-state index is 11.8. The summed E-state index contributed by atoms with van der Waals surface area (Å²) in [5.41, 5.74) is 0.823. The van der Waals surface area contributed by atoms with Crippen LogP contribution in [-0.4, -0.2) is 11.7 Å². The van der Waals surface area contributed by atoms with Gasteiger partial charge in [-0.1, -0.05) is 40.2 Å². The minimum absolute atomic E-state index is 0.0431. The van der Waals surface area contributed by atoms with Crippen LogP contribution in [0.3, 0.4) is 0 Å². The summed E-state index contributed by atoms with van der Waals surface area (Å²) in [4.78, 5) is 13.0. The lowest BCUT2D eigenvalue weighted by molar-refractivity contribution is -0.115. The van der Waals surface area contributed by atoms with Crippen molar-refractivity contribution in [1.82, 2.24) is 0 Å². The first-order valence-corrected chi connectivity index (χ1v) is 7.75. The molecule has 0 bridgehead atoms. The number of thioether (sulfide) groups is 1. The van der Waals surface area contributed by atoms with Gasteiger partial charge in [0.05, 0.1) is 0 Å². The molecular weight excluding hydrogens is 322 g/mol. The van der Waals surface area contributed by atoms with E-state index < -0.39 is 0 Å². The van der Waals surface area contributed by atoms with Gasteiger partial charge in [0, 0.05) is 27.2 Å². The largest absolute Gasteiger partial charge is 0.326 e. The molecule has 2 nitrogen and oxygen atoms in total. The Balaban J connectivity index is 1.76. The number of amides is 1. The highest BCUT2D eigenvalue weighted by Crippen LogP contribution is 2.19. The zero-order valence-electron chi connectivity index (χ0n) is 10.3. The van der Waals surface area contributed by atoms with E-state index in [1.807, 2.05) is 42.5 Å². The number of carbonyl (C=O) groups excluding carboxylic acids is 1. The lowest BCUT2D eigenvalue weighted by Crippen LogP contribution is -2.12. The molecule has 0 aromatic heterocycles. The summed E-state index contributed by atoms with van der Waals surface area (Å²) in [5, 5.41) is 2.89. The van der Waals surface area contributed by atoms with Crippen molar-refractivity contribution in [2.24, 2.45) is 0 Å². The molecule has 2 aromatic carbocycles. The Morgan fingerprint density at radius 3 is 2.63 bits per heavy atom. The van der Waals surface area contributed by atoms with Crippen LogP contribution < -0.4 is 5.32 Å². The molecule has 0 atom stereocenters. The summed E-state index contributed by atoms with van der Waals surface area (Å²) in [5.74, 6) is 0.825. The van der Waals surface area contributed by atoms with Crippen LogP contribution in [0.1, 0.15) is 6.42 Å². The zero-order chi connectivity index (χ0) is 13.5. The maximum atomic E-state index is 11.8. The van der Waals surface area contributed by atoms with E-state index in [1.54, 1.807) is 11.8 Å². The minimum atomic E-state index is 0.0431. The molecule has 0 spiro atoms. The lowest BCUT2D eigenvalue weighted by atomic mass is 10.3. The average molecular weight is 336 g/mol. The van der Waals surface area contributed by atoms with E-state index in [0.717, 1.165) is 15.9 Å². The van der Waals surface area contributed by atoms with Crippen LogP contribution in [0.4, 0.5) is 5.69 Å². The van der Waals surface area contributed by atoms with Gasteiger partial charge in [0.25, 0.3) is 0 Å². The van der Waals surface area contributed by atoms with Crippen molar-refractivity contribution in [1.29, 1.82) is 0 Å². The molecule has 1 N–H and O–H groups in total. The fourth-order valence-electron chi connectivity index (χ4n) is 1.57. The molecule has 0 unspecified atom stereocenters. The van der Waals surface area contributed by atoms with E-state index in [9.17, 15) is 4.79 Å². The smallest absolute Gasteiger partial charge is 0.225 e. The van der Waals surface area contributed by atoms with Gasteiger partial charge in [0.2, 0.25) is 5.91 Å². The van der Waals surface area contributed by atoms with E-state index in [0.29, 0.717) is 6.42 Å². The Morgan fingerprint density at radius 1 is 1.11 bits per heavy atom. The molecule has 98 valence electrons. The van der Waals surface area contributed by atoms with Crippen molar-refractivity contribution in [3.63, 3.8) is 0 Å². The second kappa shape index (κ2) is 7.36. The first-order chi connectivity index (χ1) is 9.24. The highest BCUT2D eigenvalue weighted by molar-refractivity contribution is 9.10. The van der Waals surface area contributed by atoms with Crippen LogP contribution in [0.15, 0.2) is 64.0 Å². The molecule has 19 heavy (non-hydrogen) atoms. The summed E-state index contributed by atoms with van der Waals surface area (Å²) in [6, 6.07) is 17.7. The Hall–Kier alpha value is -1.26. The molecule has 0 fully saturated rings. The number of nitrogens with one attached hydrogen (secondary N) is 1. The number of hydrogen-bond acceptors (Lipinski definition) is 2. The number of anilines is 1. The predicted octanol–water partition coefficient (Wildman–Crippen LogP) is 4.57. The molecule has 1 amide bonds. The van der Waals surface area contributed by atoms with Gasteiger partial charge in [-0.05, 0) is 30.3 Å². The highest BCUT2D eigenvalue weighted by atomic mass is 79.9. The normalized spacial score (nSPS) is 10.2. The average Bonchev–Trinajstić information content (AvgIpc) is 2.40. The lowest BCUT2D eigenvalue weighted by Gasteiger charge is -2.05. The van der Waals surface area contributed by atoms with Crippen LogP contribution in [-0.2, 0) is 4.79 Å². The SMILES string of the molecule is O=C(CCSc1ccccc1)Nc1cccc(Br)c1. The first kappa shape index (κ1) is 14.2. The van der Waals surface area contributed by atoms with Crippen molar-refractivity contribution in [2.45, 2.75) is 11.3 Å². The van der Waals surface area contributed by atoms with Gasteiger partial charge in [-0.3, -0.25) is 4.79 Å². The minimum Gasteiger partial charge on any atom is -0.326 e. The topological polar surface area (TPSA) is 29.1 Å². The van der Waals surface area contributed by atoms with Crippen LogP contribution >= 0.6 is 27.7 Å². The van der Waals surface area contributed by atoms with Crippen molar-refractivity contribution >= 4 is 39.3 Å². The third-order valence-electron chi connectivity index (χ3n) is 2.45. The molecular formula is C15H14BrNOS. The van der Waals surface area contributed by atoms with E-state index >= 15 is 0 Å². The number of carbonyl (C=O) groups is 1. The molecule has 0 saturated heterocycles. The summed E-state index contributed by atoms with van der Waals surface area (Å²) in [7, 11) is 0. The van der Waals surface area contributed by atoms with Crippen molar-refractivity contribution < 1.29 is 4.79 Å². The van der Waals surface area contributed by atoms with E-state index in [1.165, 1.54) is 4.90 Å². The molecule has 0 saturated carbocycles. The molecule has 0 heterocycles. The molecule has 0 aliphatic rings. The Kier molecular flexibility index (Phi) is 5.48. The summed E-state index contributed by atoms with van der Waals surface area (Å²) in [6.45, 7) is 0. The van der Waals surface area contributed by atoms with Gasteiger partial charge in [0.1, 0.15) is 0 Å². The number of halogens is 1. The van der Waals surface area contributed by atoms with E-state index in [2.05, 4.69) is 33.4 Å². The van der Waals surface area contributed by atoms with Gasteiger partial charge >= 0.3 is 0 Å². The second-order valence-electron chi connectivity index (χ2n) is 3.97. The molecule has 4 heteroatoms. The third kappa shape index (κ3) is 5.09. The van der Waals surface area contributed by atoms with Crippen LogP contribution in [0.25, 0.3) is 0 Å². The van der Waals surface area contributed by atoms with Crippen LogP contribution in [0, 0.1) is 0 Å². The van der Waals surface area contributed by atoms with Crippen molar-refractivity contribution in [3.05, 3.63) is 59.1 Å². The van der Waals surface area contributed by atoms with Gasteiger partial charge in [-0.2, -0.15) is 0 Å². The number of rotatable bonds is 5. The van der Waals surface area contributed by atoms with Crippen molar-refractivity contribution in [2.75, 3.05) is 11.1 Å². The predicted molar refractivity (Wildman–Crippen MR) is 84.6 cm³/mol. The van der Waals surface area contributed by atoms with Gasteiger partial charge < -0.3 is 5.32 Å². The fraction of sp³-hybridized carbons (Fsp3) is 0.133. The Labute approximate surface area is 125 Å². The Bertz CT molecular complexity index is 545. The van der Waals surface area contributed by atoms with Crippen LogP contribution in [0.2, 0.25) is 0 Å². The van der Waals surface area contributed by atoms with Gasteiger partial charge in [-0.15, -0.1) is 11.8 Å².